The molecule has 1 N–H and O–H groups in total. The summed E-state index contributed by atoms with van der Waals surface area (Å²) >= 11 is 3.19. The third-order valence-corrected chi connectivity index (χ3v) is 3.29. The van der Waals surface area contributed by atoms with Crippen molar-refractivity contribution in [1.29, 1.82) is 0 Å². The molecule has 0 spiro atoms. The summed E-state index contributed by atoms with van der Waals surface area (Å²) in [6.45, 7) is 1.80. The van der Waals surface area contributed by atoms with E-state index in [1.807, 2.05) is 0 Å². The lowest BCUT2D eigenvalue weighted by Gasteiger charge is -2.03. The molecule has 0 aliphatic heterocycles. The molecule has 0 aromatic carbocycles. The first-order valence-corrected chi connectivity index (χ1v) is 6.11. The molecule has 0 saturated heterocycles. The Morgan fingerprint density at radius 3 is 2.72 bits per heavy atom. The van der Waals surface area contributed by atoms with E-state index in [9.17, 15) is 14.4 Å². The van der Waals surface area contributed by atoms with E-state index < -0.39 is 11.2 Å². The highest BCUT2D eigenvalue weighted by Crippen LogP contribution is 2.15. The SMILES string of the molecule is CCC(=O)Cn1c(Br)nc2c1c(=O)[nH]c(=O)n2C. The first kappa shape index (κ1) is 12.7. The second kappa shape index (κ2) is 4.52. The van der Waals surface area contributed by atoms with Crippen LogP contribution in [0, 0.1) is 0 Å². The Hall–Kier alpha value is -1.70. The standard InChI is InChI=1S/C10H11BrN4O3/c1-3-5(16)4-15-6-7(12-9(15)11)14(2)10(18)13-8(6)17/h3-4H2,1-2H3,(H,13,17,18). The summed E-state index contributed by atoms with van der Waals surface area (Å²) in [4.78, 5) is 41.0. The lowest BCUT2D eigenvalue weighted by molar-refractivity contribution is -0.119. The number of fused-ring (bicyclic) bond motifs is 1. The first-order chi connectivity index (χ1) is 8.45. The minimum absolute atomic E-state index is 0.0248. The van der Waals surface area contributed by atoms with Crippen molar-refractivity contribution >= 4 is 32.9 Å². The van der Waals surface area contributed by atoms with E-state index in [1.165, 1.54) is 16.2 Å². The van der Waals surface area contributed by atoms with Crippen LogP contribution in [0.25, 0.3) is 11.2 Å². The van der Waals surface area contributed by atoms with Crippen LogP contribution in [0.15, 0.2) is 14.3 Å². The minimum Gasteiger partial charge on any atom is -0.305 e. The van der Waals surface area contributed by atoms with Gasteiger partial charge in [0.05, 0.1) is 6.54 Å². The molecule has 7 nitrogen and oxygen atoms in total. The molecular weight excluding hydrogens is 304 g/mol. The Labute approximate surface area is 110 Å². The number of Topliss-reactive ketones (excluding diaryl/α,β-unsaturated/α-hetero) is 1. The summed E-state index contributed by atoms with van der Waals surface area (Å²) in [5.74, 6) is -0.0248. The van der Waals surface area contributed by atoms with E-state index >= 15 is 0 Å². The molecule has 0 aliphatic rings. The van der Waals surface area contributed by atoms with Crippen molar-refractivity contribution in [2.24, 2.45) is 7.05 Å². The van der Waals surface area contributed by atoms with Gasteiger partial charge in [0, 0.05) is 13.5 Å². The van der Waals surface area contributed by atoms with Gasteiger partial charge in [0.1, 0.15) is 0 Å². The average molecular weight is 315 g/mol. The van der Waals surface area contributed by atoms with Gasteiger partial charge in [0.15, 0.2) is 21.7 Å². The molecule has 0 saturated carbocycles. The first-order valence-electron chi connectivity index (χ1n) is 5.32. The number of nitrogens with one attached hydrogen (secondary N) is 1. The molecule has 2 rings (SSSR count). The van der Waals surface area contributed by atoms with E-state index in [0.29, 0.717) is 11.2 Å². The van der Waals surface area contributed by atoms with Crippen molar-refractivity contribution in [3.63, 3.8) is 0 Å². The minimum atomic E-state index is -0.546. The highest BCUT2D eigenvalue weighted by Gasteiger charge is 2.16. The smallest absolute Gasteiger partial charge is 0.305 e. The van der Waals surface area contributed by atoms with Gasteiger partial charge in [-0.05, 0) is 15.9 Å². The van der Waals surface area contributed by atoms with Gasteiger partial charge in [-0.3, -0.25) is 19.1 Å². The van der Waals surface area contributed by atoms with Crippen LogP contribution in [0.3, 0.4) is 0 Å². The molecule has 96 valence electrons. The van der Waals surface area contributed by atoms with E-state index in [1.54, 1.807) is 6.92 Å². The summed E-state index contributed by atoms with van der Waals surface area (Å²) in [5, 5.41) is 0. The summed E-state index contributed by atoms with van der Waals surface area (Å²) in [6, 6.07) is 0. The van der Waals surface area contributed by atoms with Crippen LogP contribution in [0.2, 0.25) is 0 Å². The van der Waals surface area contributed by atoms with Gasteiger partial charge in [0.2, 0.25) is 0 Å². The summed E-state index contributed by atoms with van der Waals surface area (Å²) < 4.78 is 3.04. The number of hydrogen-bond acceptors (Lipinski definition) is 4. The maximum Gasteiger partial charge on any atom is 0.329 e. The zero-order valence-corrected chi connectivity index (χ0v) is 11.4. The molecule has 18 heavy (non-hydrogen) atoms. The molecule has 2 aromatic heterocycles. The molecule has 0 amide bonds. The number of aryl methyl sites for hydroxylation is 1. The highest BCUT2D eigenvalue weighted by atomic mass is 79.9. The van der Waals surface area contributed by atoms with Crippen molar-refractivity contribution in [2.45, 2.75) is 19.9 Å². The van der Waals surface area contributed by atoms with Gasteiger partial charge in [-0.1, -0.05) is 6.92 Å². The number of aromatic amines is 1. The zero-order valence-electron chi connectivity index (χ0n) is 9.86. The van der Waals surface area contributed by atoms with Crippen molar-refractivity contribution in [1.82, 2.24) is 19.1 Å². The van der Waals surface area contributed by atoms with E-state index in [-0.39, 0.29) is 23.5 Å². The number of halogens is 1. The van der Waals surface area contributed by atoms with Crippen molar-refractivity contribution < 1.29 is 4.79 Å². The van der Waals surface area contributed by atoms with Crippen LogP contribution >= 0.6 is 15.9 Å². The number of hydrogen-bond donors (Lipinski definition) is 1. The van der Waals surface area contributed by atoms with Crippen LogP contribution < -0.4 is 11.2 Å². The number of carbonyl (C=O) groups is 1. The Kier molecular flexibility index (Phi) is 3.20. The highest BCUT2D eigenvalue weighted by molar-refractivity contribution is 9.10. The van der Waals surface area contributed by atoms with E-state index in [0.717, 1.165) is 0 Å². The number of imidazole rings is 1. The summed E-state index contributed by atoms with van der Waals surface area (Å²) in [6.07, 6.45) is 0.371. The molecular formula is C10H11BrN4O3. The largest absolute Gasteiger partial charge is 0.329 e. The fraction of sp³-hybridized carbons (Fsp3) is 0.400. The van der Waals surface area contributed by atoms with Crippen molar-refractivity contribution in [3.05, 3.63) is 25.6 Å². The Morgan fingerprint density at radius 2 is 2.11 bits per heavy atom. The Balaban J connectivity index is 2.79. The fourth-order valence-corrected chi connectivity index (χ4v) is 2.11. The monoisotopic (exact) mass is 314 g/mol. The molecule has 2 aromatic rings. The second-order valence-corrected chi connectivity index (χ2v) is 4.56. The topological polar surface area (TPSA) is 89.8 Å². The maximum absolute atomic E-state index is 11.8. The van der Waals surface area contributed by atoms with Crippen LogP contribution in [-0.4, -0.2) is 24.9 Å². The Morgan fingerprint density at radius 1 is 1.44 bits per heavy atom. The Bertz CT molecular complexity index is 740. The predicted molar refractivity (Wildman–Crippen MR) is 68.6 cm³/mol. The van der Waals surface area contributed by atoms with Crippen LogP contribution in [0.5, 0.6) is 0 Å². The molecule has 0 radical (unpaired) electrons. The fourth-order valence-electron chi connectivity index (χ4n) is 1.64. The third kappa shape index (κ3) is 1.92. The quantitative estimate of drug-likeness (QED) is 0.817. The molecule has 0 atom stereocenters. The van der Waals surface area contributed by atoms with Gasteiger partial charge >= 0.3 is 5.69 Å². The van der Waals surface area contributed by atoms with Gasteiger partial charge < -0.3 is 4.57 Å². The maximum atomic E-state index is 11.8. The lowest BCUT2D eigenvalue weighted by atomic mass is 10.3. The number of nitrogens with zero attached hydrogens (tertiary/aromatic N) is 3. The van der Waals surface area contributed by atoms with E-state index in [4.69, 9.17) is 0 Å². The number of carbonyl (C=O) groups excluding carboxylic acids is 1. The number of rotatable bonds is 3. The lowest BCUT2D eigenvalue weighted by Crippen LogP contribution is -2.29. The van der Waals surface area contributed by atoms with Crippen LogP contribution in [0.4, 0.5) is 0 Å². The molecule has 0 fully saturated rings. The predicted octanol–water partition coefficient (Wildman–Crippen LogP) is 0.165. The van der Waals surface area contributed by atoms with Crippen LogP contribution in [-0.2, 0) is 18.4 Å². The zero-order chi connectivity index (χ0) is 13.4. The van der Waals surface area contributed by atoms with E-state index in [2.05, 4.69) is 25.9 Å². The molecule has 0 bridgehead atoms. The normalized spacial score (nSPS) is 11.1. The van der Waals surface area contributed by atoms with Crippen molar-refractivity contribution in [2.75, 3.05) is 0 Å². The molecule has 2 heterocycles. The van der Waals surface area contributed by atoms with Gasteiger partial charge in [-0.15, -0.1) is 0 Å². The van der Waals surface area contributed by atoms with Crippen molar-refractivity contribution in [3.8, 4) is 0 Å². The third-order valence-electron chi connectivity index (χ3n) is 2.69. The molecule has 0 aliphatic carbocycles. The summed E-state index contributed by atoms with van der Waals surface area (Å²) in [7, 11) is 1.51. The number of aromatic nitrogens is 4. The van der Waals surface area contributed by atoms with Gasteiger partial charge in [-0.2, -0.15) is 0 Å². The summed E-state index contributed by atoms with van der Waals surface area (Å²) in [5.41, 5.74) is -0.619. The average Bonchev–Trinajstić information content (AvgIpc) is 2.64. The number of ketones is 1. The second-order valence-electron chi connectivity index (χ2n) is 3.85. The number of H-pyrrole nitrogens is 1. The van der Waals surface area contributed by atoms with Gasteiger partial charge in [0.25, 0.3) is 5.56 Å². The molecule has 0 unspecified atom stereocenters. The van der Waals surface area contributed by atoms with Gasteiger partial charge in [-0.25, -0.2) is 9.78 Å². The molecule has 8 heteroatoms. The van der Waals surface area contributed by atoms with Crippen LogP contribution in [0.1, 0.15) is 13.3 Å².